The molecule has 0 unspecified atom stereocenters. The van der Waals surface area contributed by atoms with Gasteiger partial charge < -0.3 is 5.73 Å². The Hall–Kier alpha value is -0.0400. The van der Waals surface area contributed by atoms with Crippen LogP contribution in [0.4, 0.5) is 0 Å². The normalized spacial score (nSPS) is 30.2. The zero-order valence-corrected chi connectivity index (χ0v) is 12.5. The molecule has 0 amide bonds. The quantitative estimate of drug-likeness (QED) is 0.665. The maximum Gasteiger partial charge on any atom is 0.0154 e. The van der Waals surface area contributed by atoms with Gasteiger partial charge in [-0.1, -0.05) is 47.0 Å². The van der Waals surface area contributed by atoms with Crippen LogP contribution in [0.2, 0.25) is 0 Å². The van der Waals surface area contributed by atoms with Gasteiger partial charge in [-0.05, 0) is 49.9 Å². The monoisotopic (exact) mass is 239 g/mol. The van der Waals surface area contributed by atoms with Crippen molar-refractivity contribution in [3.05, 3.63) is 0 Å². The summed E-state index contributed by atoms with van der Waals surface area (Å²) in [6.07, 6.45) is 10.6. The van der Waals surface area contributed by atoms with Crippen molar-refractivity contribution in [1.82, 2.24) is 0 Å². The molecule has 1 nitrogen and oxygen atoms in total. The van der Waals surface area contributed by atoms with Crippen LogP contribution < -0.4 is 5.73 Å². The first kappa shape index (κ1) is 15.0. The minimum Gasteiger partial charge on any atom is -0.325 e. The Morgan fingerprint density at radius 1 is 1.06 bits per heavy atom. The molecule has 0 atom stereocenters. The minimum absolute atomic E-state index is 0.183. The highest BCUT2D eigenvalue weighted by molar-refractivity contribution is 4.90. The third kappa shape index (κ3) is 5.42. The van der Waals surface area contributed by atoms with Crippen molar-refractivity contribution in [3.8, 4) is 0 Å². The molecule has 102 valence electrons. The molecule has 0 spiro atoms. The third-order valence-corrected chi connectivity index (χ3v) is 4.67. The van der Waals surface area contributed by atoms with Gasteiger partial charge in [-0.15, -0.1) is 0 Å². The fraction of sp³-hybridized carbons (Fsp3) is 1.00. The Labute approximate surface area is 109 Å². The molecule has 2 N–H and O–H groups in total. The molecule has 0 aromatic heterocycles. The van der Waals surface area contributed by atoms with Gasteiger partial charge in [0.05, 0.1) is 0 Å². The fourth-order valence-electron chi connectivity index (χ4n) is 3.16. The van der Waals surface area contributed by atoms with Crippen LogP contribution in [-0.4, -0.2) is 5.54 Å². The lowest BCUT2D eigenvalue weighted by Gasteiger charge is -2.38. The summed E-state index contributed by atoms with van der Waals surface area (Å²) >= 11 is 0. The molecule has 17 heavy (non-hydrogen) atoms. The molecule has 0 heterocycles. The van der Waals surface area contributed by atoms with Gasteiger partial charge >= 0.3 is 0 Å². The van der Waals surface area contributed by atoms with E-state index in [1.165, 1.54) is 51.4 Å². The molecule has 1 rings (SSSR count). The summed E-state index contributed by atoms with van der Waals surface area (Å²) in [6.45, 7) is 9.34. The van der Waals surface area contributed by atoms with Crippen LogP contribution in [0.15, 0.2) is 0 Å². The van der Waals surface area contributed by atoms with Crippen LogP contribution >= 0.6 is 0 Å². The van der Waals surface area contributed by atoms with Crippen LogP contribution in [0, 0.1) is 17.8 Å². The van der Waals surface area contributed by atoms with E-state index >= 15 is 0 Å². The smallest absolute Gasteiger partial charge is 0.0154 e. The Morgan fingerprint density at radius 2 is 1.65 bits per heavy atom. The van der Waals surface area contributed by atoms with Crippen molar-refractivity contribution in [3.63, 3.8) is 0 Å². The molecule has 0 aliphatic heterocycles. The molecule has 1 saturated carbocycles. The number of nitrogens with two attached hydrogens (primary N) is 1. The first-order valence-corrected chi connectivity index (χ1v) is 7.72. The molecular formula is C16H33N. The van der Waals surface area contributed by atoms with Crippen molar-refractivity contribution in [2.24, 2.45) is 23.5 Å². The molecule has 0 saturated heterocycles. The number of hydrogen-bond acceptors (Lipinski definition) is 1. The third-order valence-electron chi connectivity index (χ3n) is 4.67. The van der Waals surface area contributed by atoms with Crippen LogP contribution in [0.1, 0.15) is 79.1 Å². The van der Waals surface area contributed by atoms with E-state index in [0.717, 1.165) is 17.8 Å². The van der Waals surface area contributed by atoms with E-state index in [9.17, 15) is 0 Å². The zero-order valence-electron chi connectivity index (χ0n) is 12.5. The number of hydrogen-bond donors (Lipinski definition) is 1. The summed E-state index contributed by atoms with van der Waals surface area (Å²) in [5.74, 6) is 2.63. The molecule has 0 aromatic carbocycles. The van der Waals surface area contributed by atoms with Gasteiger partial charge in [0.25, 0.3) is 0 Å². The molecular weight excluding hydrogens is 206 g/mol. The van der Waals surface area contributed by atoms with Gasteiger partial charge in [-0.25, -0.2) is 0 Å². The average molecular weight is 239 g/mol. The summed E-state index contributed by atoms with van der Waals surface area (Å²) < 4.78 is 0. The topological polar surface area (TPSA) is 26.0 Å². The predicted molar refractivity (Wildman–Crippen MR) is 77.0 cm³/mol. The second-order valence-electron chi connectivity index (χ2n) is 7.08. The number of rotatable bonds is 6. The van der Waals surface area contributed by atoms with E-state index in [2.05, 4.69) is 27.7 Å². The Balaban J connectivity index is 2.20. The van der Waals surface area contributed by atoms with Crippen molar-refractivity contribution < 1.29 is 0 Å². The highest BCUT2D eigenvalue weighted by Crippen LogP contribution is 2.37. The average Bonchev–Trinajstić information content (AvgIpc) is 2.25. The van der Waals surface area contributed by atoms with Gasteiger partial charge in [0, 0.05) is 5.54 Å². The Kier molecular flexibility index (Phi) is 5.99. The van der Waals surface area contributed by atoms with Gasteiger partial charge in [-0.2, -0.15) is 0 Å². The highest BCUT2D eigenvalue weighted by Gasteiger charge is 2.31. The SMILES string of the molecule is CC(C)CCCCC1(N)CCC(C(C)C)CC1. The minimum atomic E-state index is 0.183. The van der Waals surface area contributed by atoms with Crippen LogP contribution in [0.3, 0.4) is 0 Å². The van der Waals surface area contributed by atoms with Gasteiger partial charge in [0.2, 0.25) is 0 Å². The van der Waals surface area contributed by atoms with E-state index in [0.29, 0.717) is 0 Å². The van der Waals surface area contributed by atoms with Gasteiger partial charge in [-0.3, -0.25) is 0 Å². The van der Waals surface area contributed by atoms with Gasteiger partial charge in [0.1, 0.15) is 0 Å². The van der Waals surface area contributed by atoms with E-state index < -0.39 is 0 Å². The maximum absolute atomic E-state index is 6.54. The van der Waals surface area contributed by atoms with Crippen molar-refractivity contribution in [2.45, 2.75) is 84.6 Å². The van der Waals surface area contributed by atoms with Crippen LogP contribution in [0.5, 0.6) is 0 Å². The molecule has 1 fully saturated rings. The first-order valence-electron chi connectivity index (χ1n) is 7.72. The van der Waals surface area contributed by atoms with E-state index in [4.69, 9.17) is 5.73 Å². The van der Waals surface area contributed by atoms with Crippen molar-refractivity contribution in [2.75, 3.05) is 0 Å². The summed E-state index contributed by atoms with van der Waals surface area (Å²) in [7, 11) is 0. The molecule has 0 radical (unpaired) electrons. The molecule has 1 aliphatic carbocycles. The largest absolute Gasteiger partial charge is 0.325 e. The summed E-state index contributed by atoms with van der Waals surface area (Å²) in [4.78, 5) is 0. The summed E-state index contributed by atoms with van der Waals surface area (Å²) in [5, 5.41) is 0. The highest BCUT2D eigenvalue weighted by atomic mass is 14.7. The lowest BCUT2D eigenvalue weighted by molar-refractivity contribution is 0.183. The maximum atomic E-state index is 6.54. The second kappa shape index (κ2) is 6.78. The first-order chi connectivity index (χ1) is 7.93. The zero-order chi connectivity index (χ0) is 12.9. The van der Waals surface area contributed by atoms with Crippen LogP contribution in [0.25, 0.3) is 0 Å². The fourth-order valence-corrected chi connectivity index (χ4v) is 3.16. The van der Waals surface area contributed by atoms with E-state index in [1.54, 1.807) is 0 Å². The standard InChI is InChI=1S/C16H33N/c1-13(2)7-5-6-10-16(17)11-8-15(9-12-16)14(3)4/h13-15H,5-12,17H2,1-4H3. The predicted octanol–water partition coefficient (Wildman–Crippen LogP) is 4.75. The lowest BCUT2D eigenvalue weighted by Crippen LogP contribution is -2.43. The van der Waals surface area contributed by atoms with E-state index in [-0.39, 0.29) is 5.54 Å². The Morgan fingerprint density at radius 3 is 2.12 bits per heavy atom. The van der Waals surface area contributed by atoms with Crippen LogP contribution in [-0.2, 0) is 0 Å². The molecule has 1 aliphatic rings. The second-order valence-corrected chi connectivity index (χ2v) is 7.08. The van der Waals surface area contributed by atoms with E-state index in [1.807, 2.05) is 0 Å². The van der Waals surface area contributed by atoms with Gasteiger partial charge in [0.15, 0.2) is 0 Å². The number of unbranched alkanes of at least 4 members (excludes halogenated alkanes) is 1. The summed E-state index contributed by atoms with van der Waals surface area (Å²) in [5.41, 5.74) is 6.72. The van der Waals surface area contributed by atoms with Crippen molar-refractivity contribution >= 4 is 0 Å². The Bertz CT molecular complexity index is 200. The molecule has 1 heteroatoms. The van der Waals surface area contributed by atoms with Crippen molar-refractivity contribution in [1.29, 1.82) is 0 Å². The molecule has 0 aromatic rings. The summed E-state index contributed by atoms with van der Waals surface area (Å²) in [6, 6.07) is 0. The molecule has 0 bridgehead atoms. The lowest BCUT2D eigenvalue weighted by atomic mass is 9.71.